The van der Waals surface area contributed by atoms with Crippen molar-refractivity contribution >= 4 is 17.6 Å². The fourth-order valence-corrected chi connectivity index (χ4v) is 2.87. The number of anilines is 1. The van der Waals surface area contributed by atoms with Gasteiger partial charge in [-0.05, 0) is 64.4 Å². The van der Waals surface area contributed by atoms with Crippen molar-refractivity contribution in [3.63, 3.8) is 0 Å². The van der Waals surface area contributed by atoms with Crippen LogP contribution >= 0.6 is 0 Å². The van der Waals surface area contributed by atoms with Crippen LogP contribution in [0.25, 0.3) is 0 Å². The molecule has 0 aliphatic rings. The molecule has 0 aliphatic carbocycles. The first kappa shape index (κ1) is 23.1. The molecular weight excluding hydrogens is 382 g/mol. The maximum Gasteiger partial charge on any atom is 0.319 e. The summed E-state index contributed by atoms with van der Waals surface area (Å²) in [5, 5.41) is 8.45. The third kappa shape index (κ3) is 6.40. The van der Waals surface area contributed by atoms with E-state index in [0.29, 0.717) is 22.7 Å². The molecule has 0 heterocycles. The smallest absolute Gasteiger partial charge is 0.319 e. The number of carbonyl (C=O) groups is 2. The molecule has 3 amide bonds. The topological polar surface area (TPSA) is 88.7 Å². The Bertz CT molecular complexity index is 881. The highest BCUT2D eigenvalue weighted by molar-refractivity contribution is 6.03. The second-order valence-corrected chi connectivity index (χ2v) is 7.57. The molecule has 30 heavy (non-hydrogen) atoms. The summed E-state index contributed by atoms with van der Waals surface area (Å²) in [4.78, 5) is 24.9. The van der Waals surface area contributed by atoms with Gasteiger partial charge in [-0.15, -0.1) is 0 Å². The lowest BCUT2D eigenvalue weighted by Crippen LogP contribution is -2.35. The van der Waals surface area contributed by atoms with E-state index in [1.165, 1.54) is 0 Å². The Balaban J connectivity index is 2.15. The Labute approximate surface area is 178 Å². The number of benzene rings is 2. The molecule has 0 fully saturated rings. The lowest BCUT2D eigenvalue weighted by Gasteiger charge is -2.19. The minimum absolute atomic E-state index is 0.0105. The lowest BCUT2D eigenvalue weighted by atomic mass is 10.1. The first-order valence-electron chi connectivity index (χ1n) is 10.0. The molecule has 1 unspecified atom stereocenters. The van der Waals surface area contributed by atoms with E-state index in [4.69, 9.17) is 9.47 Å². The zero-order valence-electron chi connectivity index (χ0n) is 18.4. The standard InChI is InChI=1S/C23H31N3O4/c1-14(2)24-23(28)26-19-10-8-7-9-18(19)22(27)25-16(5)17-11-12-20(30-15(3)4)21(13-17)29-6/h7-16H,1-6H3,(H,25,27)(H2,24,26,28). The van der Waals surface area contributed by atoms with Gasteiger partial charge >= 0.3 is 6.03 Å². The molecule has 0 saturated heterocycles. The van der Waals surface area contributed by atoms with E-state index < -0.39 is 0 Å². The van der Waals surface area contributed by atoms with Crippen LogP contribution in [0.4, 0.5) is 10.5 Å². The van der Waals surface area contributed by atoms with E-state index in [0.717, 1.165) is 5.56 Å². The summed E-state index contributed by atoms with van der Waals surface area (Å²) in [5.41, 5.74) is 1.70. The molecule has 0 aromatic heterocycles. The number of rotatable bonds is 8. The molecule has 0 radical (unpaired) electrons. The lowest BCUT2D eigenvalue weighted by molar-refractivity contribution is 0.0940. The maximum absolute atomic E-state index is 12.9. The molecule has 162 valence electrons. The minimum Gasteiger partial charge on any atom is -0.493 e. The van der Waals surface area contributed by atoms with Crippen LogP contribution in [0.1, 0.15) is 56.6 Å². The molecule has 2 rings (SSSR count). The predicted molar refractivity (Wildman–Crippen MR) is 118 cm³/mol. The molecule has 0 bridgehead atoms. The van der Waals surface area contributed by atoms with Crippen LogP contribution in [0.5, 0.6) is 11.5 Å². The van der Waals surface area contributed by atoms with Crippen molar-refractivity contribution in [2.24, 2.45) is 0 Å². The normalized spacial score (nSPS) is 11.7. The molecule has 0 aliphatic heterocycles. The summed E-state index contributed by atoms with van der Waals surface area (Å²) in [6.07, 6.45) is 0.0266. The highest BCUT2D eigenvalue weighted by Gasteiger charge is 2.18. The number of ether oxygens (including phenoxy) is 2. The van der Waals surface area contributed by atoms with E-state index in [9.17, 15) is 9.59 Å². The van der Waals surface area contributed by atoms with Crippen molar-refractivity contribution in [1.29, 1.82) is 0 Å². The van der Waals surface area contributed by atoms with Crippen LogP contribution in [0.2, 0.25) is 0 Å². The van der Waals surface area contributed by atoms with Crippen LogP contribution in [0, 0.1) is 0 Å². The van der Waals surface area contributed by atoms with Gasteiger partial charge in [0, 0.05) is 6.04 Å². The summed E-state index contributed by atoms with van der Waals surface area (Å²) in [6, 6.07) is 11.8. The Kier molecular flexibility index (Phi) is 8.09. The second kappa shape index (κ2) is 10.5. The van der Waals surface area contributed by atoms with Crippen LogP contribution in [-0.2, 0) is 0 Å². The zero-order valence-corrected chi connectivity index (χ0v) is 18.4. The average Bonchev–Trinajstić information content (AvgIpc) is 2.67. The zero-order chi connectivity index (χ0) is 22.3. The second-order valence-electron chi connectivity index (χ2n) is 7.57. The quantitative estimate of drug-likeness (QED) is 0.594. The predicted octanol–water partition coefficient (Wildman–Crippen LogP) is 4.50. The largest absolute Gasteiger partial charge is 0.493 e. The Hall–Kier alpha value is -3.22. The van der Waals surface area contributed by atoms with Gasteiger partial charge in [-0.1, -0.05) is 18.2 Å². The number of carbonyl (C=O) groups excluding carboxylic acids is 2. The monoisotopic (exact) mass is 413 g/mol. The Morgan fingerprint density at radius 2 is 1.60 bits per heavy atom. The summed E-state index contributed by atoms with van der Waals surface area (Å²) >= 11 is 0. The van der Waals surface area contributed by atoms with Gasteiger partial charge in [0.05, 0.1) is 30.5 Å². The molecule has 7 heteroatoms. The third-order valence-corrected chi connectivity index (χ3v) is 4.24. The summed E-state index contributed by atoms with van der Waals surface area (Å²) < 4.78 is 11.2. The van der Waals surface area contributed by atoms with Crippen molar-refractivity contribution in [3.05, 3.63) is 53.6 Å². The number of hydrogen-bond acceptors (Lipinski definition) is 4. The number of urea groups is 1. The van der Waals surface area contributed by atoms with Crippen LogP contribution in [-0.4, -0.2) is 31.2 Å². The van der Waals surface area contributed by atoms with Crippen molar-refractivity contribution in [1.82, 2.24) is 10.6 Å². The van der Waals surface area contributed by atoms with Gasteiger partial charge in [-0.3, -0.25) is 4.79 Å². The van der Waals surface area contributed by atoms with E-state index in [1.807, 2.05) is 52.8 Å². The molecule has 2 aromatic rings. The van der Waals surface area contributed by atoms with E-state index in [2.05, 4.69) is 16.0 Å². The third-order valence-electron chi connectivity index (χ3n) is 4.24. The van der Waals surface area contributed by atoms with Crippen molar-refractivity contribution in [2.75, 3.05) is 12.4 Å². The fourth-order valence-electron chi connectivity index (χ4n) is 2.87. The SMILES string of the molecule is COc1cc(C(C)NC(=O)c2ccccc2NC(=O)NC(C)C)ccc1OC(C)C. The summed E-state index contributed by atoms with van der Waals surface area (Å²) in [6.45, 7) is 9.51. The van der Waals surface area contributed by atoms with Gasteiger partial charge in [-0.25, -0.2) is 4.79 Å². The van der Waals surface area contributed by atoms with E-state index in [1.54, 1.807) is 31.4 Å². The Morgan fingerprint density at radius 1 is 0.900 bits per heavy atom. The van der Waals surface area contributed by atoms with Crippen LogP contribution in [0.15, 0.2) is 42.5 Å². The average molecular weight is 414 g/mol. The van der Waals surface area contributed by atoms with Gasteiger partial charge in [0.1, 0.15) is 0 Å². The Morgan fingerprint density at radius 3 is 2.23 bits per heavy atom. The number of methoxy groups -OCH3 is 1. The van der Waals surface area contributed by atoms with Gasteiger partial charge in [0.25, 0.3) is 5.91 Å². The van der Waals surface area contributed by atoms with Gasteiger partial charge in [0.15, 0.2) is 11.5 Å². The number of hydrogen-bond donors (Lipinski definition) is 3. The van der Waals surface area contributed by atoms with Crippen LogP contribution in [0.3, 0.4) is 0 Å². The van der Waals surface area contributed by atoms with E-state index >= 15 is 0 Å². The number of amides is 3. The summed E-state index contributed by atoms with van der Waals surface area (Å²) in [7, 11) is 1.58. The van der Waals surface area contributed by atoms with Crippen molar-refractivity contribution in [2.45, 2.75) is 52.8 Å². The van der Waals surface area contributed by atoms with Gasteiger partial charge in [0.2, 0.25) is 0 Å². The number of para-hydroxylation sites is 1. The van der Waals surface area contributed by atoms with Crippen molar-refractivity contribution < 1.29 is 19.1 Å². The first-order valence-corrected chi connectivity index (χ1v) is 10.0. The molecule has 1 atom stereocenters. The molecule has 2 aromatic carbocycles. The highest BCUT2D eigenvalue weighted by Crippen LogP contribution is 2.31. The number of nitrogens with one attached hydrogen (secondary N) is 3. The minimum atomic E-state index is -0.358. The fraction of sp³-hybridized carbons (Fsp3) is 0.391. The van der Waals surface area contributed by atoms with Crippen LogP contribution < -0.4 is 25.4 Å². The molecular formula is C23H31N3O4. The first-order chi connectivity index (χ1) is 14.2. The van der Waals surface area contributed by atoms with Crippen molar-refractivity contribution in [3.8, 4) is 11.5 Å². The maximum atomic E-state index is 12.9. The van der Waals surface area contributed by atoms with Gasteiger partial charge in [-0.2, -0.15) is 0 Å². The highest BCUT2D eigenvalue weighted by atomic mass is 16.5. The molecule has 0 saturated carbocycles. The van der Waals surface area contributed by atoms with Gasteiger partial charge < -0.3 is 25.4 Å². The molecule has 3 N–H and O–H groups in total. The molecule has 0 spiro atoms. The summed E-state index contributed by atoms with van der Waals surface area (Å²) in [5.74, 6) is 0.972. The molecule has 7 nitrogen and oxygen atoms in total. The van der Waals surface area contributed by atoms with E-state index in [-0.39, 0.29) is 30.1 Å².